The van der Waals surface area contributed by atoms with E-state index >= 15 is 0 Å². The number of nitrogens with one attached hydrogen (secondary N) is 1. The van der Waals surface area contributed by atoms with Gasteiger partial charge in [0.25, 0.3) is 5.91 Å². The van der Waals surface area contributed by atoms with Crippen molar-refractivity contribution in [3.05, 3.63) is 23.8 Å². The summed E-state index contributed by atoms with van der Waals surface area (Å²) in [5.41, 5.74) is 6.06. The van der Waals surface area contributed by atoms with E-state index in [4.69, 9.17) is 15.2 Å². The molecule has 0 spiro atoms. The minimum absolute atomic E-state index is 0. The van der Waals surface area contributed by atoms with Crippen LogP contribution in [0.15, 0.2) is 18.2 Å². The molecule has 1 aromatic carbocycles. The molecule has 0 radical (unpaired) electrons. The smallest absolute Gasteiger partial charge is 0.254 e. The maximum Gasteiger partial charge on any atom is 0.254 e. The van der Waals surface area contributed by atoms with Crippen LogP contribution in [0.1, 0.15) is 30.1 Å². The fourth-order valence-electron chi connectivity index (χ4n) is 2.88. The molecule has 3 N–H and O–H groups in total. The lowest BCUT2D eigenvalue weighted by Gasteiger charge is -2.32. The number of hydrogen-bond acceptors (Lipinski definition) is 5. The van der Waals surface area contributed by atoms with Gasteiger partial charge in [0.2, 0.25) is 5.91 Å². The molecule has 7 nitrogen and oxygen atoms in total. The maximum atomic E-state index is 12.7. The monoisotopic (exact) mass is 385 g/mol. The van der Waals surface area contributed by atoms with Crippen LogP contribution in [0.5, 0.6) is 11.5 Å². The van der Waals surface area contributed by atoms with Gasteiger partial charge in [-0.2, -0.15) is 0 Å². The lowest BCUT2D eigenvalue weighted by Crippen LogP contribution is -2.46. The van der Waals surface area contributed by atoms with Gasteiger partial charge in [-0.25, -0.2) is 0 Å². The van der Waals surface area contributed by atoms with Crippen molar-refractivity contribution < 1.29 is 19.1 Å². The van der Waals surface area contributed by atoms with E-state index in [9.17, 15) is 9.59 Å². The fourth-order valence-corrected chi connectivity index (χ4v) is 2.88. The Kier molecular flexibility index (Phi) is 8.68. The van der Waals surface area contributed by atoms with Crippen LogP contribution in [-0.2, 0) is 4.79 Å². The van der Waals surface area contributed by atoms with Crippen molar-refractivity contribution in [1.82, 2.24) is 10.2 Å². The maximum absolute atomic E-state index is 12.7. The second-order valence-electron chi connectivity index (χ2n) is 6.31. The highest BCUT2D eigenvalue weighted by Gasteiger charge is 2.28. The fraction of sp³-hybridized carbons (Fsp3) is 0.556. The van der Waals surface area contributed by atoms with Gasteiger partial charge in [0.05, 0.1) is 14.2 Å². The average Bonchev–Trinajstić information content (AvgIpc) is 2.66. The van der Waals surface area contributed by atoms with Crippen LogP contribution in [0.2, 0.25) is 0 Å². The van der Waals surface area contributed by atoms with Crippen molar-refractivity contribution in [3.63, 3.8) is 0 Å². The van der Waals surface area contributed by atoms with Crippen LogP contribution in [0.25, 0.3) is 0 Å². The van der Waals surface area contributed by atoms with Crippen LogP contribution < -0.4 is 20.5 Å². The Morgan fingerprint density at radius 3 is 2.19 bits per heavy atom. The Hall–Kier alpha value is -1.99. The minimum atomic E-state index is -0.0774. The molecule has 1 saturated heterocycles. The lowest BCUT2D eigenvalue weighted by atomic mass is 9.95. The zero-order valence-electron chi connectivity index (χ0n) is 15.5. The molecule has 146 valence electrons. The van der Waals surface area contributed by atoms with Gasteiger partial charge in [-0.3, -0.25) is 9.59 Å². The third-order valence-electron chi connectivity index (χ3n) is 4.49. The molecule has 8 heteroatoms. The van der Waals surface area contributed by atoms with Crippen molar-refractivity contribution in [2.24, 2.45) is 11.7 Å². The molecule has 0 bridgehead atoms. The molecular weight excluding hydrogens is 358 g/mol. The first-order chi connectivity index (χ1) is 12.0. The summed E-state index contributed by atoms with van der Waals surface area (Å²) in [7, 11) is 3.10. The van der Waals surface area contributed by atoms with E-state index < -0.39 is 0 Å². The third-order valence-corrected chi connectivity index (χ3v) is 4.49. The summed E-state index contributed by atoms with van der Waals surface area (Å²) < 4.78 is 10.4. The van der Waals surface area contributed by atoms with E-state index in [1.165, 1.54) is 0 Å². The summed E-state index contributed by atoms with van der Waals surface area (Å²) in [6, 6.07) is 5.10. The highest BCUT2D eigenvalue weighted by atomic mass is 35.5. The topological polar surface area (TPSA) is 93.9 Å². The molecule has 1 aliphatic heterocycles. The zero-order chi connectivity index (χ0) is 18.4. The van der Waals surface area contributed by atoms with E-state index in [1.54, 1.807) is 37.3 Å². The van der Waals surface area contributed by atoms with Crippen LogP contribution in [0.3, 0.4) is 0 Å². The SMILES string of the molecule is COc1cc(OC)cc(C(=O)N2CCC(C(=O)N[C@@H](C)CN)CC2)c1.Cl. The molecular formula is C18H28ClN3O4. The predicted molar refractivity (Wildman–Crippen MR) is 102 cm³/mol. The summed E-state index contributed by atoms with van der Waals surface area (Å²) in [5.74, 6) is 1.03. The minimum Gasteiger partial charge on any atom is -0.497 e. The first-order valence-electron chi connectivity index (χ1n) is 8.51. The molecule has 0 saturated carbocycles. The number of likely N-dealkylation sites (tertiary alicyclic amines) is 1. The number of methoxy groups -OCH3 is 2. The second kappa shape index (κ2) is 10.2. The highest BCUT2D eigenvalue weighted by molar-refractivity contribution is 5.95. The molecule has 2 rings (SSSR count). The number of nitrogens with zero attached hydrogens (tertiary/aromatic N) is 1. The standard InChI is InChI=1S/C18H27N3O4.ClH/c1-12(11-19)20-17(22)13-4-6-21(7-5-13)18(23)14-8-15(24-2)10-16(9-14)25-3;/h8-10,12-13H,4-7,11,19H2,1-3H3,(H,20,22);1H/t12-;/m0./s1. The number of amides is 2. The van der Waals surface area contributed by atoms with Crippen LogP contribution >= 0.6 is 12.4 Å². The summed E-state index contributed by atoms with van der Waals surface area (Å²) in [5, 5.41) is 2.90. The number of ether oxygens (including phenoxy) is 2. The summed E-state index contributed by atoms with van der Waals surface area (Å²) in [6.07, 6.45) is 1.30. The Labute approximate surface area is 160 Å². The van der Waals surface area contributed by atoms with Crippen molar-refractivity contribution in [1.29, 1.82) is 0 Å². The molecule has 1 aromatic rings. The molecule has 2 amide bonds. The first-order valence-corrected chi connectivity index (χ1v) is 8.51. The zero-order valence-corrected chi connectivity index (χ0v) is 16.3. The van der Waals surface area contributed by atoms with E-state index in [2.05, 4.69) is 5.32 Å². The van der Waals surface area contributed by atoms with Crippen LogP contribution in [0.4, 0.5) is 0 Å². The van der Waals surface area contributed by atoms with Gasteiger partial charge >= 0.3 is 0 Å². The second-order valence-corrected chi connectivity index (χ2v) is 6.31. The van der Waals surface area contributed by atoms with Crippen LogP contribution in [-0.4, -0.2) is 56.6 Å². The lowest BCUT2D eigenvalue weighted by molar-refractivity contribution is -0.126. The molecule has 1 atom stereocenters. The van der Waals surface area contributed by atoms with Crippen LogP contribution in [0, 0.1) is 5.92 Å². The van der Waals surface area contributed by atoms with E-state index in [1.807, 2.05) is 6.92 Å². The molecule has 1 aliphatic rings. The molecule has 1 fully saturated rings. The van der Waals surface area contributed by atoms with Crippen molar-refractivity contribution in [2.75, 3.05) is 33.9 Å². The summed E-state index contributed by atoms with van der Waals surface area (Å²) >= 11 is 0. The Balaban J connectivity index is 0.00000338. The van der Waals surface area contributed by atoms with Gasteiger partial charge in [0.1, 0.15) is 11.5 Å². The number of piperidine rings is 1. The Morgan fingerprint density at radius 2 is 1.73 bits per heavy atom. The molecule has 0 unspecified atom stereocenters. The number of halogens is 1. The molecule has 0 aromatic heterocycles. The summed E-state index contributed by atoms with van der Waals surface area (Å²) in [6.45, 7) is 3.40. The quantitative estimate of drug-likeness (QED) is 0.772. The van der Waals surface area contributed by atoms with E-state index in [0.717, 1.165) is 0 Å². The van der Waals surface area contributed by atoms with Gasteiger partial charge in [-0.05, 0) is 31.9 Å². The largest absolute Gasteiger partial charge is 0.497 e. The summed E-state index contributed by atoms with van der Waals surface area (Å²) in [4.78, 5) is 26.7. The van der Waals surface area contributed by atoms with Gasteiger partial charge in [0, 0.05) is 43.2 Å². The van der Waals surface area contributed by atoms with Gasteiger partial charge < -0.3 is 25.4 Å². The number of carbonyl (C=O) groups is 2. The van der Waals surface area contributed by atoms with E-state index in [-0.39, 0.29) is 36.2 Å². The van der Waals surface area contributed by atoms with Gasteiger partial charge in [0.15, 0.2) is 0 Å². The molecule has 1 heterocycles. The number of benzene rings is 1. The van der Waals surface area contributed by atoms with Crippen molar-refractivity contribution >= 4 is 24.2 Å². The Morgan fingerprint density at radius 1 is 1.19 bits per heavy atom. The predicted octanol–water partition coefficient (Wildman–Crippen LogP) is 1.44. The van der Waals surface area contributed by atoms with E-state index in [0.29, 0.717) is 49.5 Å². The number of carbonyl (C=O) groups excluding carboxylic acids is 2. The Bertz CT molecular complexity index is 596. The molecule has 26 heavy (non-hydrogen) atoms. The van der Waals surface area contributed by atoms with Crippen molar-refractivity contribution in [2.45, 2.75) is 25.8 Å². The number of hydrogen-bond donors (Lipinski definition) is 2. The number of rotatable bonds is 6. The normalized spacial score (nSPS) is 15.6. The number of nitrogens with two attached hydrogens (primary N) is 1. The molecule has 0 aliphatic carbocycles. The van der Waals surface area contributed by atoms with Gasteiger partial charge in [-0.1, -0.05) is 0 Å². The third kappa shape index (κ3) is 5.51. The first kappa shape index (κ1) is 22.1. The average molecular weight is 386 g/mol. The van der Waals surface area contributed by atoms with Gasteiger partial charge in [-0.15, -0.1) is 12.4 Å². The highest BCUT2D eigenvalue weighted by Crippen LogP contribution is 2.25. The van der Waals surface area contributed by atoms with Crippen molar-refractivity contribution in [3.8, 4) is 11.5 Å².